The Bertz CT molecular complexity index is 681. The molecule has 0 amide bonds. The van der Waals surface area contributed by atoms with Crippen LogP contribution in [0.3, 0.4) is 0 Å². The maximum Gasteiger partial charge on any atom is 0.341 e. The van der Waals surface area contributed by atoms with Crippen molar-refractivity contribution in [1.29, 1.82) is 0 Å². The Morgan fingerprint density at radius 1 is 1.53 bits per heavy atom. The molecular formula is C12H12N4O3. The molecule has 1 fully saturated rings. The predicted molar refractivity (Wildman–Crippen MR) is 65.6 cm³/mol. The van der Waals surface area contributed by atoms with Crippen molar-refractivity contribution in [2.24, 2.45) is 0 Å². The van der Waals surface area contributed by atoms with Gasteiger partial charge in [0.25, 0.3) is 0 Å². The first-order chi connectivity index (χ1) is 9.22. The molecule has 0 radical (unpaired) electrons. The van der Waals surface area contributed by atoms with E-state index in [0.717, 1.165) is 19.3 Å². The van der Waals surface area contributed by atoms with E-state index >= 15 is 0 Å². The average molecular weight is 260 g/mol. The third-order valence-corrected chi connectivity index (χ3v) is 3.74. The number of carbonyl (C=O) groups is 1. The number of ether oxygens (including phenoxy) is 1. The summed E-state index contributed by atoms with van der Waals surface area (Å²) in [6.07, 6.45) is 6.40. The van der Waals surface area contributed by atoms with E-state index < -0.39 is 5.97 Å². The van der Waals surface area contributed by atoms with Crippen LogP contribution in [0.2, 0.25) is 0 Å². The molecule has 1 saturated carbocycles. The van der Waals surface area contributed by atoms with Gasteiger partial charge >= 0.3 is 5.97 Å². The topological polar surface area (TPSA) is 88.8 Å². The van der Waals surface area contributed by atoms with Crippen molar-refractivity contribution >= 4 is 17.4 Å². The number of nitrogens with one attached hydrogen (secondary N) is 1. The molecule has 2 aliphatic rings. The highest BCUT2D eigenvalue weighted by molar-refractivity contribution is 5.94. The van der Waals surface area contributed by atoms with Gasteiger partial charge in [-0.05, 0) is 19.3 Å². The number of fused-ring (bicyclic) bond motifs is 3. The van der Waals surface area contributed by atoms with Gasteiger partial charge in [0.1, 0.15) is 11.7 Å². The zero-order valence-electron chi connectivity index (χ0n) is 10.0. The second-order valence-corrected chi connectivity index (χ2v) is 4.92. The summed E-state index contributed by atoms with van der Waals surface area (Å²) >= 11 is 0. The number of hydrogen-bond acceptors (Lipinski definition) is 5. The molecule has 2 atom stereocenters. The Morgan fingerprint density at radius 2 is 2.42 bits per heavy atom. The molecule has 0 aromatic carbocycles. The van der Waals surface area contributed by atoms with Crippen LogP contribution >= 0.6 is 0 Å². The van der Waals surface area contributed by atoms with Crippen molar-refractivity contribution in [1.82, 2.24) is 14.6 Å². The van der Waals surface area contributed by atoms with Gasteiger partial charge in [0.2, 0.25) is 0 Å². The molecule has 2 aromatic rings. The number of carboxylic acids is 1. The summed E-state index contributed by atoms with van der Waals surface area (Å²) in [4.78, 5) is 15.4. The van der Waals surface area contributed by atoms with Gasteiger partial charge in [-0.15, -0.1) is 0 Å². The largest absolute Gasteiger partial charge is 0.483 e. The summed E-state index contributed by atoms with van der Waals surface area (Å²) in [5, 5.41) is 16.4. The van der Waals surface area contributed by atoms with Crippen molar-refractivity contribution in [3.63, 3.8) is 0 Å². The maximum atomic E-state index is 11.1. The first-order valence-electron chi connectivity index (χ1n) is 6.27. The molecule has 1 aliphatic heterocycles. The molecule has 7 heteroatoms. The molecular weight excluding hydrogens is 248 g/mol. The highest BCUT2D eigenvalue weighted by Crippen LogP contribution is 2.36. The standard InChI is InChI=1S/C12H12N4O3/c17-12(18)6-4-13-16-5-9-10(15-11(6)16)14-7-2-1-3-8(7)19-9/h4-5,7-8H,1-3H2,(H,14,15)(H,17,18)/t7-,8+/m0/s1. The fraction of sp³-hybridized carbons (Fsp3) is 0.417. The number of rotatable bonds is 1. The lowest BCUT2D eigenvalue weighted by Crippen LogP contribution is -2.37. The Labute approximate surface area is 108 Å². The normalized spacial score (nSPS) is 24.4. The van der Waals surface area contributed by atoms with Crippen LogP contribution in [0.15, 0.2) is 12.4 Å². The van der Waals surface area contributed by atoms with Gasteiger partial charge in [-0.2, -0.15) is 5.10 Å². The van der Waals surface area contributed by atoms with E-state index in [9.17, 15) is 4.79 Å². The van der Waals surface area contributed by atoms with Gasteiger partial charge < -0.3 is 15.2 Å². The molecule has 19 heavy (non-hydrogen) atoms. The van der Waals surface area contributed by atoms with E-state index in [1.807, 2.05) is 0 Å². The molecule has 2 N–H and O–H groups in total. The maximum absolute atomic E-state index is 11.1. The Hall–Kier alpha value is -2.31. The van der Waals surface area contributed by atoms with Gasteiger partial charge in [-0.1, -0.05) is 0 Å². The van der Waals surface area contributed by atoms with E-state index in [2.05, 4.69) is 15.4 Å². The molecule has 2 aromatic heterocycles. The fourth-order valence-electron chi connectivity index (χ4n) is 2.81. The van der Waals surface area contributed by atoms with E-state index in [4.69, 9.17) is 9.84 Å². The summed E-state index contributed by atoms with van der Waals surface area (Å²) in [7, 11) is 0. The molecule has 0 unspecified atom stereocenters. The second-order valence-electron chi connectivity index (χ2n) is 4.92. The zero-order chi connectivity index (χ0) is 13.0. The molecule has 0 bridgehead atoms. The minimum absolute atomic E-state index is 0.0955. The number of aromatic carboxylic acids is 1. The van der Waals surface area contributed by atoms with Crippen LogP contribution in [0.1, 0.15) is 29.6 Å². The lowest BCUT2D eigenvalue weighted by Gasteiger charge is -2.29. The van der Waals surface area contributed by atoms with E-state index in [1.54, 1.807) is 6.20 Å². The Morgan fingerprint density at radius 3 is 3.26 bits per heavy atom. The Kier molecular flexibility index (Phi) is 2.01. The van der Waals surface area contributed by atoms with E-state index in [-0.39, 0.29) is 17.7 Å². The van der Waals surface area contributed by atoms with Crippen LogP contribution in [0, 0.1) is 0 Å². The van der Waals surface area contributed by atoms with Crippen LogP contribution in [-0.4, -0.2) is 37.8 Å². The molecule has 98 valence electrons. The van der Waals surface area contributed by atoms with Crippen LogP contribution in [-0.2, 0) is 0 Å². The minimum Gasteiger partial charge on any atom is -0.483 e. The summed E-state index contributed by atoms with van der Waals surface area (Å²) in [6.45, 7) is 0. The van der Waals surface area contributed by atoms with Gasteiger partial charge in [0.05, 0.1) is 18.4 Å². The average Bonchev–Trinajstić information content (AvgIpc) is 2.98. The van der Waals surface area contributed by atoms with Crippen molar-refractivity contribution in [2.75, 3.05) is 5.32 Å². The number of anilines is 1. The second kappa shape index (κ2) is 3.59. The van der Waals surface area contributed by atoms with Crippen LogP contribution < -0.4 is 10.1 Å². The first-order valence-corrected chi connectivity index (χ1v) is 6.27. The summed E-state index contributed by atoms with van der Waals surface area (Å²) in [5.41, 5.74) is 0.428. The SMILES string of the molecule is O=C(O)c1cnn2cc3c(nc12)N[C@H]1CCC[C@H]1O3. The quantitative estimate of drug-likeness (QED) is 0.799. The van der Waals surface area contributed by atoms with Crippen molar-refractivity contribution in [3.05, 3.63) is 18.0 Å². The number of aromatic nitrogens is 3. The van der Waals surface area contributed by atoms with Crippen LogP contribution in [0.5, 0.6) is 5.75 Å². The zero-order valence-corrected chi connectivity index (χ0v) is 10.0. The number of hydrogen-bond donors (Lipinski definition) is 2. The van der Waals surface area contributed by atoms with Gasteiger partial charge in [-0.3, -0.25) is 0 Å². The lowest BCUT2D eigenvalue weighted by molar-refractivity contribution is 0.0698. The third kappa shape index (κ3) is 1.47. The summed E-state index contributed by atoms with van der Waals surface area (Å²) < 4.78 is 7.34. The monoisotopic (exact) mass is 260 g/mol. The molecule has 7 nitrogen and oxygen atoms in total. The third-order valence-electron chi connectivity index (χ3n) is 3.74. The highest BCUT2D eigenvalue weighted by atomic mass is 16.5. The van der Waals surface area contributed by atoms with Gasteiger partial charge in [-0.25, -0.2) is 14.3 Å². The summed E-state index contributed by atoms with van der Waals surface area (Å²) in [6, 6.07) is 0.277. The molecule has 0 spiro atoms. The summed E-state index contributed by atoms with van der Waals surface area (Å²) in [5.74, 6) is 0.215. The predicted octanol–water partition coefficient (Wildman–Crippen LogP) is 1.15. The minimum atomic E-state index is -1.03. The number of carboxylic acid groups (broad SMARTS) is 1. The molecule has 0 saturated heterocycles. The van der Waals surface area contributed by atoms with Crippen LogP contribution in [0.25, 0.3) is 5.65 Å². The van der Waals surface area contributed by atoms with Crippen molar-refractivity contribution in [2.45, 2.75) is 31.4 Å². The van der Waals surface area contributed by atoms with Crippen LogP contribution in [0.4, 0.5) is 5.82 Å². The Balaban J connectivity index is 1.85. The smallest absolute Gasteiger partial charge is 0.341 e. The first kappa shape index (κ1) is 10.6. The van der Waals surface area contributed by atoms with Gasteiger partial charge in [0, 0.05) is 0 Å². The molecule has 4 rings (SSSR count). The highest BCUT2D eigenvalue weighted by Gasteiger charge is 2.34. The van der Waals surface area contributed by atoms with Crippen molar-refractivity contribution in [3.8, 4) is 5.75 Å². The van der Waals surface area contributed by atoms with E-state index in [0.29, 0.717) is 17.2 Å². The van der Waals surface area contributed by atoms with E-state index in [1.165, 1.54) is 10.7 Å². The fourth-order valence-corrected chi connectivity index (χ4v) is 2.81. The van der Waals surface area contributed by atoms with Crippen molar-refractivity contribution < 1.29 is 14.6 Å². The lowest BCUT2D eigenvalue weighted by atomic mass is 10.2. The van der Waals surface area contributed by atoms with Gasteiger partial charge in [0.15, 0.2) is 17.2 Å². The molecule has 1 aliphatic carbocycles. The number of nitrogens with zero attached hydrogens (tertiary/aromatic N) is 3. The molecule has 3 heterocycles.